The Morgan fingerprint density at radius 1 is 0.750 bits per heavy atom. The highest BCUT2D eigenvalue weighted by atomic mass is 19.4. The third-order valence-electron chi connectivity index (χ3n) is 8.27. The zero-order valence-electron chi connectivity index (χ0n) is 25.8. The van der Waals surface area contributed by atoms with Crippen LogP contribution in [0.25, 0.3) is 44.8 Å². The maximum absolute atomic E-state index is 12.7. The van der Waals surface area contributed by atoms with E-state index >= 15 is 0 Å². The number of H-pyrrole nitrogens is 1. The number of rotatable bonds is 6. The van der Waals surface area contributed by atoms with E-state index in [9.17, 15) is 18.0 Å². The van der Waals surface area contributed by atoms with E-state index in [1.807, 2.05) is 83.6 Å². The second-order valence-corrected chi connectivity index (χ2v) is 11.5. The summed E-state index contributed by atoms with van der Waals surface area (Å²) in [5.41, 5.74) is 8.87. The molecule has 0 radical (unpaired) electrons. The van der Waals surface area contributed by atoms with Gasteiger partial charge < -0.3 is 10.1 Å². The summed E-state index contributed by atoms with van der Waals surface area (Å²) in [4.78, 5) is 37.1. The maximum atomic E-state index is 12.7. The molecule has 3 heterocycles. The minimum absolute atomic E-state index is 0.0236. The third-order valence-corrected chi connectivity index (χ3v) is 8.27. The first-order valence-corrected chi connectivity index (χ1v) is 15.5. The summed E-state index contributed by atoms with van der Waals surface area (Å²) in [7, 11) is 0. The van der Waals surface area contributed by atoms with Crippen LogP contribution in [0.2, 0.25) is 0 Å². The van der Waals surface area contributed by atoms with Crippen LogP contribution in [0, 0.1) is 0 Å². The van der Waals surface area contributed by atoms with Gasteiger partial charge in [-0.25, -0.2) is 19.6 Å². The SMILES string of the molecule is O=C(O)C(F)(F)F.O=c1[nH]c(-c2ccccc2)cn1C1CCN(Cc2ccc(-c3nc4ccccc4nc3-c3ccccc3)cc2)CC1. The molecule has 7 rings (SSSR count). The van der Waals surface area contributed by atoms with Crippen LogP contribution in [0.5, 0.6) is 0 Å². The summed E-state index contributed by atoms with van der Waals surface area (Å²) in [6.07, 6.45) is -1.19. The molecule has 1 aliphatic heterocycles. The van der Waals surface area contributed by atoms with Crippen LogP contribution in [0.15, 0.2) is 120 Å². The third kappa shape index (κ3) is 7.53. The molecular formula is C37H32F3N5O3. The summed E-state index contributed by atoms with van der Waals surface area (Å²) >= 11 is 0. The highest BCUT2D eigenvalue weighted by Gasteiger charge is 2.38. The molecule has 11 heteroatoms. The Morgan fingerprint density at radius 2 is 1.23 bits per heavy atom. The predicted molar refractivity (Wildman–Crippen MR) is 178 cm³/mol. The van der Waals surface area contributed by atoms with E-state index in [4.69, 9.17) is 19.9 Å². The van der Waals surface area contributed by atoms with Crippen molar-refractivity contribution >= 4 is 17.0 Å². The number of hydrogen-bond donors (Lipinski definition) is 2. The number of nitrogens with one attached hydrogen (secondary N) is 1. The van der Waals surface area contributed by atoms with Gasteiger partial charge in [0.05, 0.1) is 28.1 Å². The average Bonchev–Trinajstić information content (AvgIpc) is 3.50. The first-order chi connectivity index (χ1) is 23.2. The van der Waals surface area contributed by atoms with Crippen LogP contribution in [-0.2, 0) is 11.3 Å². The van der Waals surface area contributed by atoms with Gasteiger partial charge in [-0.3, -0.25) is 9.47 Å². The number of nitrogens with zero attached hydrogens (tertiary/aromatic N) is 4. The van der Waals surface area contributed by atoms with E-state index in [2.05, 4.69) is 46.3 Å². The number of fused-ring (bicyclic) bond motifs is 1. The molecule has 244 valence electrons. The highest BCUT2D eigenvalue weighted by molar-refractivity contribution is 5.86. The van der Waals surface area contributed by atoms with Gasteiger partial charge >= 0.3 is 17.8 Å². The van der Waals surface area contributed by atoms with Crippen molar-refractivity contribution in [2.24, 2.45) is 0 Å². The van der Waals surface area contributed by atoms with Crippen molar-refractivity contribution in [3.63, 3.8) is 0 Å². The number of carbonyl (C=O) groups is 1. The molecule has 6 aromatic rings. The Morgan fingerprint density at radius 3 is 1.75 bits per heavy atom. The van der Waals surface area contributed by atoms with Crippen molar-refractivity contribution in [3.8, 4) is 33.8 Å². The Kier molecular flexibility index (Phi) is 9.49. The number of aromatic nitrogens is 4. The van der Waals surface area contributed by atoms with E-state index in [0.717, 1.165) is 77.3 Å². The van der Waals surface area contributed by atoms with Gasteiger partial charge in [0.1, 0.15) is 0 Å². The Bertz CT molecular complexity index is 2050. The first-order valence-electron chi connectivity index (χ1n) is 15.5. The van der Waals surface area contributed by atoms with E-state index in [1.54, 1.807) is 0 Å². The number of piperidine rings is 1. The molecule has 0 atom stereocenters. The molecule has 0 saturated carbocycles. The van der Waals surface area contributed by atoms with Crippen molar-refractivity contribution in [1.29, 1.82) is 0 Å². The molecule has 1 fully saturated rings. The lowest BCUT2D eigenvalue weighted by atomic mass is 10.0. The van der Waals surface area contributed by atoms with E-state index in [-0.39, 0.29) is 11.7 Å². The van der Waals surface area contributed by atoms with Gasteiger partial charge in [-0.15, -0.1) is 0 Å². The van der Waals surface area contributed by atoms with Gasteiger partial charge in [0.25, 0.3) is 0 Å². The standard InChI is InChI=1S/C35H31N5O.C2HF3O2/c41-35-38-32(26-9-3-1-4-10-26)24-40(35)29-19-21-39(22-20-29)23-25-15-17-28(18-16-25)34-33(27-11-5-2-6-12-27)36-30-13-7-8-14-31(30)37-34;3-2(4,5)1(6)7/h1-18,24,29H,19-23H2,(H,38,41);(H,6,7). The van der Waals surface area contributed by atoms with Crippen molar-refractivity contribution in [1.82, 2.24) is 24.4 Å². The second kappa shape index (κ2) is 14.1. The van der Waals surface area contributed by atoms with Crippen LogP contribution in [0.1, 0.15) is 24.4 Å². The molecule has 2 N–H and O–H groups in total. The van der Waals surface area contributed by atoms with Gasteiger partial charge in [-0.05, 0) is 36.1 Å². The van der Waals surface area contributed by atoms with Gasteiger partial charge in [0.15, 0.2) is 0 Å². The quantitative estimate of drug-likeness (QED) is 0.192. The summed E-state index contributed by atoms with van der Waals surface area (Å²) in [5, 5.41) is 7.12. The van der Waals surface area contributed by atoms with Crippen LogP contribution in [-0.4, -0.2) is 54.8 Å². The van der Waals surface area contributed by atoms with Gasteiger partial charge in [0, 0.05) is 43.0 Å². The molecule has 0 aliphatic carbocycles. The number of imidazole rings is 1. The number of alkyl halides is 3. The van der Waals surface area contributed by atoms with Crippen molar-refractivity contribution in [3.05, 3.63) is 131 Å². The Hall–Kier alpha value is -5.55. The number of carboxylic acids is 1. The largest absolute Gasteiger partial charge is 0.490 e. The molecule has 1 saturated heterocycles. The normalized spacial score (nSPS) is 14.0. The lowest BCUT2D eigenvalue weighted by molar-refractivity contribution is -0.192. The molecule has 4 aromatic carbocycles. The summed E-state index contributed by atoms with van der Waals surface area (Å²) in [5.74, 6) is -2.76. The zero-order valence-corrected chi connectivity index (χ0v) is 25.8. The van der Waals surface area contributed by atoms with Gasteiger partial charge in [-0.1, -0.05) is 97.1 Å². The molecule has 0 spiro atoms. The monoisotopic (exact) mass is 651 g/mol. The number of hydrogen-bond acceptors (Lipinski definition) is 5. The number of para-hydroxylation sites is 2. The minimum atomic E-state index is -5.08. The van der Waals surface area contributed by atoms with Crippen LogP contribution in [0.3, 0.4) is 0 Å². The van der Waals surface area contributed by atoms with E-state index in [0.29, 0.717) is 0 Å². The number of aliphatic carboxylic acids is 1. The summed E-state index contributed by atoms with van der Waals surface area (Å²) < 4.78 is 33.6. The smallest absolute Gasteiger partial charge is 0.475 e. The molecule has 8 nitrogen and oxygen atoms in total. The van der Waals surface area contributed by atoms with Crippen molar-refractivity contribution in [2.75, 3.05) is 13.1 Å². The molecule has 0 bridgehead atoms. The second-order valence-electron chi connectivity index (χ2n) is 11.5. The molecule has 1 aliphatic rings. The average molecular weight is 652 g/mol. The van der Waals surface area contributed by atoms with Crippen LogP contribution < -0.4 is 5.69 Å². The molecule has 48 heavy (non-hydrogen) atoms. The van der Waals surface area contributed by atoms with E-state index in [1.165, 1.54) is 5.56 Å². The summed E-state index contributed by atoms with van der Waals surface area (Å²) in [6, 6.07) is 37.3. The van der Waals surface area contributed by atoms with Gasteiger partial charge in [-0.2, -0.15) is 13.2 Å². The molecule has 0 amide bonds. The maximum Gasteiger partial charge on any atom is 0.490 e. The number of likely N-dealkylation sites (tertiary alicyclic amines) is 1. The number of aromatic amines is 1. The summed E-state index contributed by atoms with van der Waals surface area (Å²) in [6.45, 7) is 2.80. The van der Waals surface area contributed by atoms with Crippen LogP contribution in [0.4, 0.5) is 13.2 Å². The van der Waals surface area contributed by atoms with Crippen molar-refractivity contribution < 1.29 is 23.1 Å². The zero-order chi connectivity index (χ0) is 33.7. The number of carboxylic acid groups (broad SMARTS) is 1. The fraction of sp³-hybridized carbons (Fsp3) is 0.189. The fourth-order valence-corrected chi connectivity index (χ4v) is 5.83. The molecule has 0 unspecified atom stereocenters. The minimum Gasteiger partial charge on any atom is -0.475 e. The first kappa shape index (κ1) is 32.4. The lowest BCUT2D eigenvalue weighted by Gasteiger charge is -2.32. The fourth-order valence-electron chi connectivity index (χ4n) is 5.83. The number of benzene rings is 4. The predicted octanol–water partition coefficient (Wildman–Crippen LogP) is 7.59. The van der Waals surface area contributed by atoms with E-state index < -0.39 is 12.1 Å². The topological polar surface area (TPSA) is 104 Å². The Labute approximate surface area is 274 Å². The lowest BCUT2D eigenvalue weighted by Crippen LogP contribution is -2.36. The van der Waals surface area contributed by atoms with Crippen molar-refractivity contribution in [2.45, 2.75) is 31.6 Å². The number of halogens is 3. The van der Waals surface area contributed by atoms with Gasteiger partial charge in [0.2, 0.25) is 0 Å². The van der Waals surface area contributed by atoms with Crippen LogP contribution >= 0.6 is 0 Å². The molecule has 2 aromatic heterocycles. The Balaban J connectivity index is 0.000000519. The molecular weight excluding hydrogens is 619 g/mol. The highest BCUT2D eigenvalue weighted by Crippen LogP contribution is 2.31.